The Morgan fingerprint density at radius 1 is 0.894 bits per heavy atom. The highest BCUT2D eigenvalue weighted by Crippen LogP contribution is 2.32. The first-order valence-electron chi connectivity index (χ1n) is 16.6. The number of phenols is 1. The van der Waals surface area contributed by atoms with Gasteiger partial charge >= 0.3 is 0 Å². The molecular formula is C37H51N3O6S. The van der Waals surface area contributed by atoms with Gasteiger partial charge in [0, 0.05) is 14.1 Å². The molecule has 3 aromatic carbocycles. The molecule has 0 bridgehead atoms. The van der Waals surface area contributed by atoms with Crippen LogP contribution in [0.25, 0.3) is 0 Å². The number of unbranched alkanes of at least 4 members (excludes halogenated alkanes) is 4. The summed E-state index contributed by atoms with van der Waals surface area (Å²) in [7, 11) is -1.17. The number of hydrogen-bond acceptors (Lipinski definition) is 6. The van der Waals surface area contributed by atoms with Gasteiger partial charge in [0.2, 0.25) is 0 Å². The van der Waals surface area contributed by atoms with Crippen LogP contribution < -0.4 is 14.8 Å². The van der Waals surface area contributed by atoms with Crippen LogP contribution in [0.2, 0.25) is 0 Å². The van der Waals surface area contributed by atoms with E-state index in [1.54, 1.807) is 40.1 Å². The summed E-state index contributed by atoms with van der Waals surface area (Å²) in [5.74, 6) is -0.478. The fourth-order valence-electron chi connectivity index (χ4n) is 5.49. The molecule has 0 aliphatic heterocycles. The Balaban J connectivity index is 1.89. The zero-order chi connectivity index (χ0) is 34.7. The molecule has 3 aromatic rings. The number of nitrogens with one attached hydrogen (secondary N) is 2. The first-order valence-corrected chi connectivity index (χ1v) is 18.1. The van der Waals surface area contributed by atoms with Gasteiger partial charge in [0.1, 0.15) is 16.4 Å². The van der Waals surface area contributed by atoms with Crippen molar-refractivity contribution in [3.05, 3.63) is 76.3 Å². The molecule has 10 heteroatoms. The highest BCUT2D eigenvalue weighted by molar-refractivity contribution is 7.93. The third kappa shape index (κ3) is 9.97. The first-order chi connectivity index (χ1) is 22.3. The lowest BCUT2D eigenvalue weighted by Crippen LogP contribution is -2.33. The molecule has 0 radical (unpaired) electrons. The molecule has 0 spiro atoms. The second kappa shape index (κ2) is 17.2. The Bertz CT molecular complexity index is 1650. The Morgan fingerprint density at radius 2 is 1.57 bits per heavy atom. The third-order valence-corrected chi connectivity index (χ3v) is 9.69. The summed E-state index contributed by atoms with van der Waals surface area (Å²) in [4.78, 5) is 27.5. The van der Waals surface area contributed by atoms with E-state index in [4.69, 9.17) is 4.74 Å². The van der Waals surface area contributed by atoms with Crippen molar-refractivity contribution in [1.82, 2.24) is 4.90 Å². The van der Waals surface area contributed by atoms with Gasteiger partial charge in [-0.1, -0.05) is 70.7 Å². The van der Waals surface area contributed by atoms with Crippen LogP contribution in [0.3, 0.4) is 0 Å². The highest BCUT2D eigenvalue weighted by Gasteiger charge is 2.27. The van der Waals surface area contributed by atoms with E-state index in [2.05, 4.69) is 36.0 Å². The van der Waals surface area contributed by atoms with Crippen LogP contribution in [-0.2, 0) is 27.7 Å². The number of sulfonamides is 1. The van der Waals surface area contributed by atoms with E-state index in [0.29, 0.717) is 23.3 Å². The zero-order valence-electron chi connectivity index (χ0n) is 28.9. The molecule has 47 heavy (non-hydrogen) atoms. The maximum absolute atomic E-state index is 13.8. The third-order valence-electron chi connectivity index (χ3n) is 8.10. The van der Waals surface area contributed by atoms with Crippen molar-refractivity contribution in [2.24, 2.45) is 0 Å². The van der Waals surface area contributed by atoms with E-state index in [1.807, 2.05) is 13.0 Å². The summed E-state index contributed by atoms with van der Waals surface area (Å²) < 4.78 is 36.5. The lowest BCUT2D eigenvalue weighted by molar-refractivity contribution is -0.122. The number of hydrogen-bond donors (Lipinski definition) is 3. The van der Waals surface area contributed by atoms with Crippen LogP contribution in [-0.4, -0.2) is 50.4 Å². The zero-order valence-corrected chi connectivity index (χ0v) is 29.7. The van der Waals surface area contributed by atoms with Gasteiger partial charge in [-0.25, -0.2) is 8.42 Å². The minimum absolute atomic E-state index is 0.0306. The summed E-state index contributed by atoms with van der Waals surface area (Å²) in [5.41, 5.74) is 3.28. The fourth-order valence-corrected chi connectivity index (χ4v) is 6.92. The Labute approximate surface area is 280 Å². The van der Waals surface area contributed by atoms with E-state index < -0.39 is 27.9 Å². The summed E-state index contributed by atoms with van der Waals surface area (Å²) in [5, 5.41) is 13.3. The average Bonchev–Trinajstić information content (AvgIpc) is 3.01. The molecule has 0 saturated carbocycles. The van der Waals surface area contributed by atoms with Gasteiger partial charge in [0.05, 0.1) is 16.9 Å². The van der Waals surface area contributed by atoms with Crippen LogP contribution in [0.4, 0.5) is 11.4 Å². The van der Waals surface area contributed by atoms with Gasteiger partial charge in [0.15, 0.2) is 6.10 Å². The van der Waals surface area contributed by atoms with Crippen molar-refractivity contribution in [3.8, 4) is 11.5 Å². The van der Waals surface area contributed by atoms with E-state index >= 15 is 0 Å². The predicted molar refractivity (Wildman–Crippen MR) is 189 cm³/mol. The molecule has 0 aliphatic rings. The van der Waals surface area contributed by atoms with Crippen LogP contribution >= 0.6 is 0 Å². The molecule has 0 aromatic heterocycles. The Kier molecular flexibility index (Phi) is 13.7. The molecule has 0 fully saturated rings. The van der Waals surface area contributed by atoms with E-state index in [1.165, 1.54) is 35.1 Å². The van der Waals surface area contributed by atoms with Gasteiger partial charge in [-0.2, -0.15) is 0 Å². The number of ether oxygens (including phenoxy) is 1. The largest absolute Gasteiger partial charge is 0.507 e. The van der Waals surface area contributed by atoms with Crippen molar-refractivity contribution in [3.63, 3.8) is 0 Å². The van der Waals surface area contributed by atoms with E-state index in [0.717, 1.165) is 50.5 Å². The molecular weight excluding hydrogens is 614 g/mol. The van der Waals surface area contributed by atoms with Crippen molar-refractivity contribution in [1.29, 1.82) is 0 Å². The molecule has 3 rings (SSSR count). The number of phenolic OH excluding ortho intramolecular Hbond substituents is 1. The van der Waals surface area contributed by atoms with Crippen LogP contribution in [0.1, 0.15) is 98.3 Å². The number of carbonyl (C=O) groups is 2. The molecule has 1 unspecified atom stereocenters. The SMILES string of the molecule is CCCCCc1ccc(OC(CC)C(=O)Nc2cccc(C)c2S(=O)(=O)Nc2cc(C)c(O)c(C(=O)N(C)C)c2)c(CCCCC)c1. The van der Waals surface area contributed by atoms with Crippen molar-refractivity contribution < 1.29 is 27.9 Å². The van der Waals surface area contributed by atoms with Crippen molar-refractivity contribution >= 4 is 33.2 Å². The first kappa shape index (κ1) is 37.4. The quantitative estimate of drug-likeness (QED) is 0.1000. The van der Waals surface area contributed by atoms with Gasteiger partial charge in [-0.3, -0.25) is 14.3 Å². The number of aryl methyl sites for hydroxylation is 4. The van der Waals surface area contributed by atoms with Gasteiger partial charge in [0.25, 0.3) is 21.8 Å². The number of carbonyl (C=O) groups excluding carboxylic acids is 2. The van der Waals surface area contributed by atoms with Crippen LogP contribution in [0.5, 0.6) is 11.5 Å². The normalized spacial score (nSPS) is 12.0. The van der Waals surface area contributed by atoms with E-state index in [9.17, 15) is 23.1 Å². The molecule has 0 heterocycles. The van der Waals surface area contributed by atoms with Gasteiger partial charge in [-0.15, -0.1) is 0 Å². The topological polar surface area (TPSA) is 125 Å². The van der Waals surface area contributed by atoms with E-state index in [-0.39, 0.29) is 27.6 Å². The summed E-state index contributed by atoms with van der Waals surface area (Å²) in [6.07, 6.45) is 8.08. The lowest BCUT2D eigenvalue weighted by atomic mass is 10.00. The van der Waals surface area contributed by atoms with Crippen LogP contribution in [0.15, 0.2) is 53.4 Å². The molecule has 0 saturated heterocycles. The monoisotopic (exact) mass is 665 g/mol. The number of nitrogens with zero attached hydrogens (tertiary/aromatic N) is 1. The average molecular weight is 666 g/mol. The second-order valence-electron chi connectivity index (χ2n) is 12.3. The van der Waals surface area contributed by atoms with Gasteiger partial charge in [-0.05, 0) is 92.5 Å². The summed E-state index contributed by atoms with van der Waals surface area (Å²) in [6.45, 7) is 9.44. The maximum Gasteiger partial charge on any atom is 0.265 e. The Morgan fingerprint density at radius 3 is 2.21 bits per heavy atom. The summed E-state index contributed by atoms with van der Waals surface area (Å²) >= 11 is 0. The predicted octanol–water partition coefficient (Wildman–Crippen LogP) is 7.77. The van der Waals surface area contributed by atoms with Crippen molar-refractivity contribution in [2.45, 2.75) is 103 Å². The lowest BCUT2D eigenvalue weighted by Gasteiger charge is -2.22. The maximum atomic E-state index is 13.8. The number of amides is 2. The molecule has 9 nitrogen and oxygen atoms in total. The number of rotatable bonds is 17. The fraction of sp³-hybridized carbons (Fsp3) is 0.459. The van der Waals surface area contributed by atoms with Crippen LogP contribution in [0, 0.1) is 13.8 Å². The molecule has 2 amide bonds. The Hall–Kier alpha value is -4.05. The van der Waals surface area contributed by atoms with Gasteiger partial charge < -0.3 is 20.1 Å². The number of benzene rings is 3. The number of aromatic hydroxyl groups is 1. The minimum atomic E-state index is -4.25. The molecule has 3 N–H and O–H groups in total. The minimum Gasteiger partial charge on any atom is -0.507 e. The highest BCUT2D eigenvalue weighted by atomic mass is 32.2. The molecule has 256 valence electrons. The van der Waals surface area contributed by atoms with Crippen molar-refractivity contribution in [2.75, 3.05) is 24.1 Å². The second-order valence-corrected chi connectivity index (χ2v) is 13.9. The molecule has 1 atom stereocenters. The summed E-state index contributed by atoms with van der Waals surface area (Å²) in [6, 6.07) is 13.8. The number of anilines is 2. The standard InChI is InChI=1S/C37H51N3O6S/c1-8-11-13-17-27-20-21-33(28(23-27)18-14-12-9-2)46-32(10-3)36(42)38-31-19-15-16-25(4)35(31)47(44,45)39-29-22-26(5)34(41)30(24-29)37(43)40(6)7/h15-16,19-24,32,39,41H,8-14,17-18H2,1-7H3,(H,38,42). The molecule has 0 aliphatic carbocycles. The smallest absolute Gasteiger partial charge is 0.265 e.